The third-order valence-corrected chi connectivity index (χ3v) is 3.30. The standard InChI is InChI=1S/C15H25N3O2/c1-4-18(5-2)15(20)11-17(3)10-14(19)12-7-6-8-13(16)9-12/h6-9,14,19H,4-5,10-11,16H2,1-3H3. The Balaban J connectivity index is 2.53. The molecule has 0 aromatic heterocycles. The summed E-state index contributed by atoms with van der Waals surface area (Å²) in [4.78, 5) is 15.6. The van der Waals surface area contributed by atoms with Crippen molar-refractivity contribution < 1.29 is 9.90 Å². The van der Waals surface area contributed by atoms with Gasteiger partial charge in [-0.05, 0) is 38.6 Å². The maximum atomic E-state index is 12.0. The van der Waals surface area contributed by atoms with Gasteiger partial charge in [-0.25, -0.2) is 0 Å². The second kappa shape index (κ2) is 7.87. The van der Waals surface area contributed by atoms with E-state index >= 15 is 0 Å². The molecule has 0 aliphatic heterocycles. The molecule has 0 heterocycles. The Morgan fingerprint density at radius 1 is 1.35 bits per heavy atom. The number of anilines is 1. The first kappa shape index (κ1) is 16.5. The number of carbonyl (C=O) groups is 1. The molecule has 1 aromatic rings. The van der Waals surface area contributed by atoms with Crippen LogP contribution in [0.2, 0.25) is 0 Å². The maximum Gasteiger partial charge on any atom is 0.236 e. The van der Waals surface area contributed by atoms with Gasteiger partial charge in [0.05, 0.1) is 12.6 Å². The molecule has 3 N–H and O–H groups in total. The average molecular weight is 279 g/mol. The van der Waals surface area contributed by atoms with Crippen LogP contribution in [0.1, 0.15) is 25.5 Å². The van der Waals surface area contributed by atoms with Gasteiger partial charge < -0.3 is 15.7 Å². The lowest BCUT2D eigenvalue weighted by Crippen LogP contribution is -2.40. The average Bonchev–Trinajstić information content (AvgIpc) is 2.39. The molecule has 0 aliphatic carbocycles. The minimum Gasteiger partial charge on any atom is -0.399 e. The number of likely N-dealkylation sites (N-methyl/N-ethyl adjacent to an activating group) is 2. The number of hydrogen-bond acceptors (Lipinski definition) is 4. The smallest absolute Gasteiger partial charge is 0.236 e. The second-order valence-corrected chi connectivity index (χ2v) is 4.95. The number of benzene rings is 1. The predicted octanol–water partition coefficient (Wildman–Crippen LogP) is 1.10. The van der Waals surface area contributed by atoms with Crippen LogP contribution in [0, 0.1) is 0 Å². The minimum atomic E-state index is -0.645. The fourth-order valence-corrected chi connectivity index (χ4v) is 2.14. The molecule has 0 saturated heterocycles. The minimum absolute atomic E-state index is 0.0808. The molecule has 20 heavy (non-hydrogen) atoms. The van der Waals surface area contributed by atoms with E-state index in [-0.39, 0.29) is 5.91 Å². The first-order valence-corrected chi connectivity index (χ1v) is 6.97. The zero-order chi connectivity index (χ0) is 15.1. The first-order valence-electron chi connectivity index (χ1n) is 6.97. The number of nitrogens with zero attached hydrogens (tertiary/aromatic N) is 2. The number of hydrogen-bond donors (Lipinski definition) is 2. The van der Waals surface area contributed by atoms with E-state index in [0.717, 1.165) is 5.56 Å². The normalized spacial score (nSPS) is 12.4. The Hall–Kier alpha value is -1.59. The van der Waals surface area contributed by atoms with Crippen molar-refractivity contribution in [3.8, 4) is 0 Å². The quantitative estimate of drug-likeness (QED) is 0.733. The van der Waals surface area contributed by atoms with Gasteiger partial charge in [0.2, 0.25) is 5.91 Å². The van der Waals surface area contributed by atoms with Crippen molar-refractivity contribution in [3.05, 3.63) is 29.8 Å². The zero-order valence-corrected chi connectivity index (χ0v) is 12.5. The van der Waals surface area contributed by atoms with Gasteiger partial charge in [-0.3, -0.25) is 9.69 Å². The van der Waals surface area contributed by atoms with Gasteiger partial charge in [0, 0.05) is 25.3 Å². The molecule has 5 nitrogen and oxygen atoms in total. The molecule has 1 amide bonds. The zero-order valence-electron chi connectivity index (χ0n) is 12.5. The van der Waals surface area contributed by atoms with Crippen LogP contribution in [-0.4, -0.2) is 54.0 Å². The van der Waals surface area contributed by atoms with Crippen molar-refractivity contribution in [2.75, 3.05) is 39.0 Å². The van der Waals surface area contributed by atoms with E-state index in [1.54, 1.807) is 17.0 Å². The van der Waals surface area contributed by atoms with Crippen molar-refractivity contribution in [1.82, 2.24) is 9.80 Å². The highest BCUT2D eigenvalue weighted by atomic mass is 16.3. The van der Waals surface area contributed by atoms with Gasteiger partial charge in [-0.1, -0.05) is 12.1 Å². The highest BCUT2D eigenvalue weighted by Gasteiger charge is 2.16. The summed E-state index contributed by atoms with van der Waals surface area (Å²) in [6.07, 6.45) is -0.645. The van der Waals surface area contributed by atoms with Gasteiger partial charge in [0.15, 0.2) is 0 Å². The molecule has 5 heteroatoms. The van der Waals surface area contributed by atoms with E-state index in [2.05, 4.69) is 0 Å². The van der Waals surface area contributed by atoms with E-state index in [1.165, 1.54) is 0 Å². The monoisotopic (exact) mass is 279 g/mol. The van der Waals surface area contributed by atoms with Crippen LogP contribution >= 0.6 is 0 Å². The van der Waals surface area contributed by atoms with Gasteiger partial charge in [0.25, 0.3) is 0 Å². The first-order chi connectivity index (χ1) is 9.47. The number of amides is 1. The predicted molar refractivity (Wildman–Crippen MR) is 81.2 cm³/mol. The van der Waals surface area contributed by atoms with Gasteiger partial charge in [-0.15, -0.1) is 0 Å². The summed E-state index contributed by atoms with van der Waals surface area (Å²) >= 11 is 0. The molecule has 0 spiro atoms. The topological polar surface area (TPSA) is 69.8 Å². The largest absolute Gasteiger partial charge is 0.399 e. The fourth-order valence-electron chi connectivity index (χ4n) is 2.14. The lowest BCUT2D eigenvalue weighted by atomic mass is 10.1. The van der Waals surface area contributed by atoms with Crippen molar-refractivity contribution in [2.45, 2.75) is 20.0 Å². The molecule has 1 aromatic carbocycles. The third kappa shape index (κ3) is 4.83. The summed E-state index contributed by atoms with van der Waals surface area (Å²) in [6, 6.07) is 7.19. The summed E-state index contributed by atoms with van der Waals surface area (Å²) < 4.78 is 0. The van der Waals surface area contributed by atoms with Crippen molar-refractivity contribution in [3.63, 3.8) is 0 Å². The van der Waals surface area contributed by atoms with Crippen molar-refractivity contribution >= 4 is 11.6 Å². The molecule has 1 unspecified atom stereocenters. The molecule has 0 radical (unpaired) electrons. The molecule has 112 valence electrons. The van der Waals surface area contributed by atoms with Crippen LogP contribution < -0.4 is 5.73 Å². The maximum absolute atomic E-state index is 12.0. The van der Waals surface area contributed by atoms with Crippen LogP contribution in [0.5, 0.6) is 0 Å². The Bertz CT molecular complexity index is 433. The van der Waals surface area contributed by atoms with Crippen LogP contribution in [0.15, 0.2) is 24.3 Å². The summed E-state index contributed by atoms with van der Waals surface area (Å²) in [7, 11) is 1.83. The highest BCUT2D eigenvalue weighted by Crippen LogP contribution is 2.16. The second-order valence-electron chi connectivity index (χ2n) is 4.95. The molecule has 1 atom stereocenters. The summed E-state index contributed by atoms with van der Waals surface area (Å²) in [5.74, 6) is 0.0808. The Kier molecular flexibility index (Phi) is 6.48. The third-order valence-electron chi connectivity index (χ3n) is 3.30. The number of aliphatic hydroxyl groups excluding tert-OH is 1. The summed E-state index contributed by atoms with van der Waals surface area (Å²) in [5.41, 5.74) is 7.10. The lowest BCUT2D eigenvalue weighted by molar-refractivity contribution is -0.132. The number of rotatable bonds is 7. The molecule has 0 bridgehead atoms. The van der Waals surface area contributed by atoms with Crippen LogP contribution in [0.3, 0.4) is 0 Å². The Labute approximate surface area is 121 Å². The molecule has 0 fully saturated rings. The van der Waals surface area contributed by atoms with Crippen molar-refractivity contribution in [1.29, 1.82) is 0 Å². The molecular weight excluding hydrogens is 254 g/mol. The number of carbonyl (C=O) groups excluding carboxylic acids is 1. The van der Waals surface area contributed by atoms with Gasteiger partial charge >= 0.3 is 0 Å². The van der Waals surface area contributed by atoms with E-state index in [4.69, 9.17) is 5.73 Å². The number of nitrogen functional groups attached to an aromatic ring is 1. The number of nitrogens with two attached hydrogens (primary N) is 1. The Morgan fingerprint density at radius 2 is 2.00 bits per heavy atom. The van der Waals surface area contributed by atoms with Gasteiger partial charge in [-0.2, -0.15) is 0 Å². The summed E-state index contributed by atoms with van der Waals surface area (Å²) in [6.45, 7) is 6.05. The molecule has 1 rings (SSSR count). The molecule has 0 saturated carbocycles. The van der Waals surface area contributed by atoms with E-state index < -0.39 is 6.10 Å². The van der Waals surface area contributed by atoms with Crippen LogP contribution in [0.4, 0.5) is 5.69 Å². The Morgan fingerprint density at radius 3 is 2.55 bits per heavy atom. The van der Waals surface area contributed by atoms with E-state index in [1.807, 2.05) is 37.9 Å². The highest BCUT2D eigenvalue weighted by molar-refractivity contribution is 5.78. The van der Waals surface area contributed by atoms with Crippen LogP contribution in [-0.2, 0) is 4.79 Å². The van der Waals surface area contributed by atoms with E-state index in [0.29, 0.717) is 31.9 Å². The summed E-state index contributed by atoms with van der Waals surface area (Å²) in [5, 5.41) is 10.2. The lowest BCUT2D eigenvalue weighted by Gasteiger charge is -2.24. The molecular formula is C15H25N3O2. The van der Waals surface area contributed by atoms with Gasteiger partial charge in [0.1, 0.15) is 0 Å². The van der Waals surface area contributed by atoms with Crippen LogP contribution in [0.25, 0.3) is 0 Å². The molecule has 0 aliphatic rings. The fraction of sp³-hybridized carbons (Fsp3) is 0.533. The number of aliphatic hydroxyl groups is 1. The van der Waals surface area contributed by atoms with Crippen molar-refractivity contribution in [2.24, 2.45) is 0 Å². The van der Waals surface area contributed by atoms with E-state index in [9.17, 15) is 9.90 Å². The SMILES string of the molecule is CCN(CC)C(=O)CN(C)CC(O)c1cccc(N)c1.